The van der Waals surface area contributed by atoms with Crippen molar-refractivity contribution in [3.05, 3.63) is 11.3 Å². The van der Waals surface area contributed by atoms with E-state index in [1.54, 1.807) is 4.90 Å². The summed E-state index contributed by atoms with van der Waals surface area (Å²) in [5.41, 5.74) is 0.358. The number of carbonyl (C=O) groups is 1. The Balaban J connectivity index is 2.89. The maximum absolute atomic E-state index is 11.7. The molecule has 0 aromatic heterocycles. The highest BCUT2D eigenvalue weighted by atomic mass is 16.3. The van der Waals surface area contributed by atoms with Crippen LogP contribution in [0.5, 0.6) is 0 Å². The Morgan fingerprint density at radius 2 is 2.00 bits per heavy atom. The van der Waals surface area contributed by atoms with E-state index >= 15 is 0 Å². The summed E-state index contributed by atoms with van der Waals surface area (Å²) in [5, 5.41) is 9.51. The zero-order valence-electron chi connectivity index (χ0n) is 8.72. The van der Waals surface area contributed by atoms with E-state index in [1.807, 2.05) is 27.7 Å². The Hall–Kier alpha value is -0.990. The van der Waals surface area contributed by atoms with Gasteiger partial charge in [0.25, 0.3) is 5.91 Å². The highest BCUT2D eigenvalue weighted by Gasteiger charge is 2.35. The first kappa shape index (κ1) is 10.1. The van der Waals surface area contributed by atoms with Gasteiger partial charge in [0.15, 0.2) is 0 Å². The Bertz CT molecular complexity index is 261. The first-order valence-corrected chi connectivity index (χ1v) is 4.61. The van der Waals surface area contributed by atoms with Crippen LogP contribution in [0.4, 0.5) is 0 Å². The van der Waals surface area contributed by atoms with Crippen molar-refractivity contribution in [1.29, 1.82) is 0 Å². The SMILES string of the molecule is CCC1=C(O)CN(C(C)(C)C)C1=O. The van der Waals surface area contributed by atoms with E-state index in [4.69, 9.17) is 0 Å². The molecular formula is C10H17NO2. The van der Waals surface area contributed by atoms with Crippen molar-refractivity contribution in [3.63, 3.8) is 0 Å². The quantitative estimate of drug-likeness (QED) is 0.674. The van der Waals surface area contributed by atoms with Crippen molar-refractivity contribution in [3.8, 4) is 0 Å². The van der Waals surface area contributed by atoms with Crippen LogP contribution < -0.4 is 0 Å². The molecule has 1 N–H and O–H groups in total. The molecule has 0 unspecified atom stereocenters. The third kappa shape index (κ3) is 1.69. The molecule has 0 fully saturated rings. The molecule has 1 rings (SSSR count). The summed E-state index contributed by atoms with van der Waals surface area (Å²) >= 11 is 0. The van der Waals surface area contributed by atoms with Crippen LogP contribution in [0.2, 0.25) is 0 Å². The third-order valence-corrected chi connectivity index (χ3v) is 2.32. The molecule has 0 radical (unpaired) electrons. The summed E-state index contributed by atoms with van der Waals surface area (Å²) in [5.74, 6) is 0.218. The third-order valence-electron chi connectivity index (χ3n) is 2.32. The summed E-state index contributed by atoms with van der Waals surface area (Å²) < 4.78 is 0. The van der Waals surface area contributed by atoms with E-state index in [-0.39, 0.29) is 17.2 Å². The maximum atomic E-state index is 11.7. The Kier molecular flexibility index (Phi) is 2.37. The van der Waals surface area contributed by atoms with E-state index < -0.39 is 0 Å². The molecule has 74 valence electrons. The molecule has 3 nitrogen and oxygen atoms in total. The number of rotatable bonds is 1. The number of nitrogens with zero attached hydrogens (tertiary/aromatic N) is 1. The van der Waals surface area contributed by atoms with E-state index in [9.17, 15) is 9.90 Å². The predicted molar refractivity (Wildman–Crippen MR) is 51.4 cm³/mol. The lowest BCUT2D eigenvalue weighted by Crippen LogP contribution is -2.43. The first-order chi connectivity index (χ1) is 5.88. The largest absolute Gasteiger partial charge is 0.510 e. The van der Waals surface area contributed by atoms with Crippen LogP contribution in [-0.2, 0) is 4.79 Å². The normalized spacial score (nSPS) is 18.8. The van der Waals surface area contributed by atoms with Crippen molar-refractivity contribution in [2.75, 3.05) is 6.54 Å². The fourth-order valence-electron chi connectivity index (χ4n) is 1.50. The van der Waals surface area contributed by atoms with Gasteiger partial charge >= 0.3 is 0 Å². The molecule has 1 heterocycles. The molecule has 3 heteroatoms. The lowest BCUT2D eigenvalue weighted by Gasteiger charge is -2.31. The lowest BCUT2D eigenvalue weighted by atomic mass is 10.1. The van der Waals surface area contributed by atoms with Gasteiger partial charge in [0, 0.05) is 5.54 Å². The van der Waals surface area contributed by atoms with Crippen LogP contribution in [0.15, 0.2) is 11.3 Å². The molecule has 0 aromatic carbocycles. The topological polar surface area (TPSA) is 40.5 Å². The van der Waals surface area contributed by atoms with Gasteiger partial charge in [-0.2, -0.15) is 0 Å². The van der Waals surface area contributed by atoms with Crippen LogP contribution in [-0.4, -0.2) is 28.0 Å². The first-order valence-electron chi connectivity index (χ1n) is 4.61. The molecule has 1 aliphatic heterocycles. The highest BCUT2D eigenvalue weighted by molar-refractivity contribution is 5.96. The minimum absolute atomic E-state index is 0.0208. The van der Waals surface area contributed by atoms with Gasteiger partial charge in [0.1, 0.15) is 5.76 Å². The minimum Gasteiger partial charge on any atom is -0.510 e. The van der Waals surface area contributed by atoms with Gasteiger partial charge in [-0.3, -0.25) is 4.79 Å². The Labute approximate surface area is 79.0 Å². The van der Waals surface area contributed by atoms with Gasteiger partial charge < -0.3 is 10.0 Å². The smallest absolute Gasteiger partial charge is 0.254 e. The predicted octanol–water partition coefficient (Wildman–Crippen LogP) is 1.85. The molecule has 0 atom stereocenters. The fraction of sp³-hybridized carbons (Fsp3) is 0.700. The number of hydrogen-bond donors (Lipinski definition) is 1. The van der Waals surface area contributed by atoms with Crippen molar-refractivity contribution in [1.82, 2.24) is 4.90 Å². The van der Waals surface area contributed by atoms with Crippen molar-refractivity contribution >= 4 is 5.91 Å². The maximum Gasteiger partial charge on any atom is 0.254 e. The number of aliphatic hydroxyl groups is 1. The second-order valence-corrected chi connectivity index (χ2v) is 4.34. The van der Waals surface area contributed by atoms with Crippen molar-refractivity contribution in [2.24, 2.45) is 0 Å². The van der Waals surface area contributed by atoms with Crippen molar-refractivity contribution < 1.29 is 9.90 Å². The van der Waals surface area contributed by atoms with Gasteiger partial charge in [-0.05, 0) is 27.2 Å². The monoisotopic (exact) mass is 183 g/mol. The average molecular weight is 183 g/mol. The molecule has 0 aromatic rings. The number of carbonyl (C=O) groups excluding carboxylic acids is 1. The molecule has 1 amide bonds. The standard InChI is InChI=1S/C10H17NO2/c1-5-7-8(12)6-11(9(7)13)10(2,3)4/h12H,5-6H2,1-4H3. The molecular weight excluding hydrogens is 166 g/mol. The Morgan fingerprint density at radius 1 is 1.46 bits per heavy atom. The second kappa shape index (κ2) is 3.05. The zero-order valence-corrected chi connectivity index (χ0v) is 8.72. The van der Waals surface area contributed by atoms with Crippen LogP contribution in [0.3, 0.4) is 0 Å². The van der Waals surface area contributed by atoms with Gasteiger partial charge in [-0.1, -0.05) is 6.92 Å². The number of amides is 1. The molecule has 0 aliphatic carbocycles. The highest BCUT2D eigenvalue weighted by Crippen LogP contribution is 2.26. The van der Waals surface area contributed by atoms with Gasteiger partial charge in [0.2, 0.25) is 0 Å². The molecule has 0 spiro atoms. The molecule has 0 saturated carbocycles. The van der Waals surface area contributed by atoms with E-state index in [2.05, 4.69) is 0 Å². The minimum atomic E-state index is -0.206. The summed E-state index contributed by atoms with van der Waals surface area (Å²) in [7, 11) is 0. The van der Waals surface area contributed by atoms with E-state index in [0.29, 0.717) is 18.5 Å². The van der Waals surface area contributed by atoms with E-state index in [1.165, 1.54) is 0 Å². The van der Waals surface area contributed by atoms with Crippen LogP contribution >= 0.6 is 0 Å². The van der Waals surface area contributed by atoms with Gasteiger partial charge in [-0.25, -0.2) is 0 Å². The average Bonchev–Trinajstić information content (AvgIpc) is 2.25. The summed E-state index contributed by atoms with van der Waals surface area (Å²) in [4.78, 5) is 13.4. The van der Waals surface area contributed by atoms with Crippen molar-refractivity contribution in [2.45, 2.75) is 39.7 Å². The molecule has 0 saturated heterocycles. The van der Waals surface area contributed by atoms with Gasteiger partial charge in [0.05, 0.1) is 12.1 Å². The van der Waals surface area contributed by atoms with E-state index in [0.717, 1.165) is 0 Å². The number of aliphatic hydroxyl groups excluding tert-OH is 1. The van der Waals surface area contributed by atoms with Crippen LogP contribution in [0, 0.1) is 0 Å². The van der Waals surface area contributed by atoms with Gasteiger partial charge in [-0.15, -0.1) is 0 Å². The Morgan fingerprint density at radius 3 is 2.23 bits per heavy atom. The summed E-state index contributed by atoms with van der Waals surface area (Å²) in [6.07, 6.45) is 0.608. The molecule has 0 bridgehead atoms. The molecule has 13 heavy (non-hydrogen) atoms. The summed E-state index contributed by atoms with van der Waals surface area (Å²) in [6, 6.07) is 0. The van der Waals surface area contributed by atoms with Crippen LogP contribution in [0.1, 0.15) is 34.1 Å². The van der Waals surface area contributed by atoms with Crippen LogP contribution in [0.25, 0.3) is 0 Å². The zero-order chi connectivity index (χ0) is 10.2. The lowest BCUT2D eigenvalue weighted by molar-refractivity contribution is -0.129. The summed E-state index contributed by atoms with van der Waals surface area (Å²) in [6.45, 7) is 8.16. The number of hydrogen-bond acceptors (Lipinski definition) is 2. The molecule has 1 aliphatic rings. The fourth-order valence-corrected chi connectivity index (χ4v) is 1.50. The second-order valence-electron chi connectivity index (χ2n) is 4.34.